The van der Waals surface area contributed by atoms with Gasteiger partial charge in [-0.05, 0) is 39.3 Å². The van der Waals surface area contributed by atoms with Crippen LogP contribution < -0.4 is 5.32 Å². The Labute approximate surface area is 97.3 Å². The first kappa shape index (κ1) is 11.9. The first-order valence-corrected chi connectivity index (χ1v) is 6.38. The normalized spacial score (nSPS) is 28.8. The third-order valence-corrected chi connectivity index (χ3v) is 3.45. The molecule has 4 heteroatoms. The van der Waals surface area contributed by atoms with Crippen LogP contribution in [0.3, 0.4) is 0 Å². The number of rotatable bonds is 1. The summed E-state index contributed by atoms with van der Waals surface area (Å²) in [5, 5.41) is 3.30. The second kappa shape index (κ2) is 5.64. The van der Waals surface area contributed by atoms with Gasteiger partial charge < -0.3 is 15.0 Å². The first-order chi connectivity index (χ1) is 7.77. The Bertz CT molecular complexity index is 239. The fourth-order valence-corrected chi connectivity index (χ4v) is 2.52. The van der Waals surface area contributed by atoms with Crippen molar-refractivity contribution in [2.24, 2.45) is 5.92 Å². The number of amides is 1. The van der Waals surface area contributed by atoms with Crippen LogP contribution in [0.1, 0.15) is 26.2 Å². The summed E-state index contributed by atoms with van der Waals surface area (Å²) in [5.74, 6) is 0.588. The van der Waals surface area contributed by atoms with Crippen LogP contribution in [-0.4, -0.2) is 49.7 Å². The molecule has 0 radical (unpaired) electrons. The number of carbonyl (C=O) groups excluding carboxylic acids is 1. The van der Waals surface area contributed by atoms with Crippen molar-refractivity contribution in [3.8, 4) is 0 Å². The van der Waals surface area contributed by atoms with Gasteiger partial charge in [0, 0.05) is 25.6 Å². The molecule has 0 aromatic carbocycles. The summed E-state index contributed by atoms with van der Waals surface area (Å²) in [4.78, 5) is 14.3. The van der Waals surface area contributed by atoms with Gasteiger partial charge in [-0.1, -0.05) is 0 Å². The Morgan fingerprint density at radius 3 is 2.88 bits per heavy atom. The van der Waals surface area contributed by atoms with E-state index in [1.165, 1.54) is 0 Å². The topological polar surface area (TPSA) is 41.6 Å². The van der Waals surface area contributed by atoms with Gasteiger partial charge in [0.25, 0.3) is 0 Å². The molecule has 2 rings (SSSR count). The number of hydrogen-bond donors (Lipinski definition) is 1. The lowest BCUT2D eigenvalue weighted by Gasteiger charge is -2.29. The highest BCUT2D eigenvalue weighted by Crippen LogP contribution is 2.17. The summed E-state index contributed by atoms with van der Waals surface area (Å²) < 4.78 is 5.56. The van der Waals surface area contributed by atoms with Crippen molar-refractivity contribution in [1.82, 2.24) is 10.2 Å². The van der Waals surface area contributed by atoms with Gasteiger partial charge in [0.2, 0.25) is 5.91 Å². The summed E-state index contributed by atoms with van der Waals surface area (Å²) in [6, 6.07) is 0. The molecule has 0 saturated carbocycles. The number of carbonyl (C=O) groups is 1. The zero-order valence-electron chi connectivity index (χ0n) is 10.1. The Balaban J connectivity index is 1.91. The molecule has 2 saturated heterocycles. The van der Waals surface area contributed by atoms with Crippen molar-refractivity contribution in [2.45, 2.75) is 32.3 Å². The van der Waals surface area contributed by atoms with E-state index in [9.17, 15) is 4.79 Å². The lowest BCUT2D eigenvalue weighted by molar-refractivity contribution is -0.137. The van der Waals surface area contributed by atoms with Crippen LogP contribution in [0.5, 0.6) is 0 Å². The van der Waals surface area contributed by atoms with Crippen molar-refractivity contribution in [3.63, 3.8) is 0 Å². The third-order valence-electron chi connectivity index (χ3n) is 3.45. The Kier molecular flexibility index (Phi) is 4.18. The van der Waals surface area contributed by atoms with Crippen molar-refractivity contribution in [1.29, 1.82) is 0 Å². The molecular formula is C12H22N2O2. The Hall–Kier alpha value is -0.610. The minimum absolute atomic E-state index is 0.188. The molecule has 1 amide bonds. The van der Waals surface area contributed by atoms with E-state index >= 15 is 0 Å². The quantitative estimate of drug-likeness (QED) is 0.713. The van der Waals surface area contributed by atoms with E-state index in [-0.39, 0.29) is 12.0 Å². The van der Waals surface area contributed by atoms with Crippen LogP contribution >= 0.6 is 0 Å². The fourth-order valence-electron chi connectivity index (χ4n) is 2.52. The molecule has 0 bridgehead atoms. The van der Waals surface area contributed by atoms with Crippen LogP contribution in [0.25, 0.3) is 0 Å². The smallest absolute Gasteiger partial charge is 0.225 e. The van der Waals surface area contributed by atoms with Gasteiger partial charge in [-0.2, -0.15) is 0 Å². The number of nitrogens with zero attached hydrogens (tertiary/aromatic N) is 1. The van der Waals surface area contributed by atoms with E-state index < -0.39 is 0 Å². The van der Waals surface area contributed by atoms with Crippen LogP contribution in [0, 0.1) is 5.92 Å². The Morgan fingerprint density at radius 1 is 1.38 bits per heavy atom. The van der Waals surface area contributed by atoms with Gasteiger partial charge in [-0.15, -0.1) is 0 Å². The third kappa shape index (κ3) is 2.95. The number of ether oxygens (including phenoxy) is 1. The molecule has 16 heavy (non-hydrogen) atoms. The second-order valence-electron chi connectivity index (χ2n) is 4.84. The zero-order chi connectivity index (χ0) is 11.4. The molecule has 2 fully saturated rings. The van der Waals surface area contributed by atoms with E-state index in [1.807, 2.05) is 11.8 Å². The summed E-state index contributed by atoms with van der Waals surface area (Å²) >= 11 is 0. The summed E-state index contributed by atoms with van der Waals surface area (Å²) in [5.41, 5.74) is 0. The SMILES string of the molecule is CC1CN(C(=O)C2CCNCC2)CCCO1. The molecule has 92 valence electrons. The summed E-state index contributed by atoms with van der Waals surface area (Å²) in [6.45, 7) is 6.44. The molecule has 1 unspecified atom stereocenters. The molecule has 1 N–H and O–H groups in total. The van der Waals surface area contributed by atoms with Crippen molar-refractivity contribution in [3.05, 3.63) is 0 Å². The zero-order valence-corrected chi connectivity index (χ0v) is 10.1. The van der Waals surface area contributed by atoms with Crippen LogP contribution in [-0.2, 0) is 9.53 Å². The fraction of sp³-hybridized carbons (Fsp3) is 0.917. The van der Waals surface area contributed by atoms with Crippen LogP contribution in [0.2, 0.25) is 0 Å². The highest BCUT2D eigenvalue weighted by atomic mass is 16.5. The largest absolute Gasteiger partial charge is 0.377 e. The summed E-state index contributed by atoms with van der Waals surface area (Å²) in [7, 11) is 0. The molecule has 2 aliphatic rings. The number of nitrogens with one attached hydrogen (secondary N) is 1. The molecular weight excluding hydrogens is 204 g/mol. The van der Waals surface area contributed by atoms with Gasteiger partial charge in [0.05, 0.1) is 6.10 Å². The predicted octanol–water partition coefficient (Wildman–Crippen LogP) is 0.623. The average Bonchev–Trinajstić information content (AvgIpc) is 2.54. The monoisotopic (exact) mass is 226 g/mol. The van der Waals surface area contributed by atoms with Crippen molar-refractivity contribution in [2.75, 3.05) is 32.8 Å². The lowest BCUT2D eigenvalue weighted by Crippen LogP contribution is -2.43. The van der Waals surface area contributed by atoms with Gasteiger partial charge in [0.1, 0.15) is 0 Å². The van der Waals surface area contributed by atoms with Gasteiger partial charge in [-0.25, -0.2) is 0 Å². The van der Waals surface area contributed by atoms with E-state index in [1.54, 1.807) is 0 Å². The van der Waals surface area contributed by atoms with Gasteiger partial charge in [0.15, 0.2) is 0 Å². The van der Waals surface area contributed by atoms with Crippen molar-refractivity contribution < 1.29 is 9.53 Å². The van der Waals surface area contributed by atoms with Crippen molar-refractivity contribution >= 4 is 5.91 Å². The van der Waals surface area contributed by atoms with E-state index in [4.69, 9.17) is 4.74 Å². The highest BCUT2D eigenvalue weighted by Gasteiger charge is 2.27. The minimum atomic E-state index is 0.188. The van der Waals surface area contributed by atoms with Gasteiger partial charge >= 0.3 is 0 Å². The molecule has 4 nitrogen and oxygen atoms in total. The second-order valence-corrected chi connectivity index (χ2v) is 4.84. The highest BCUT2D eigenvalue weighted by molar-refractivity contribution is 5.79. The minimum Gasteiger partial charge on any atom is -0.377 e. The standard InChI is InChI=1S/C12H22N2O2/c1-10-9-14(7-2-8-16-10)12(15)11-3-5-13-6-4-11/h10-11,13H,2-9H2,1H3. The molecule has 1 atom stereocenters. The van der Waals surface area contributed by atoms with Crippen LogP contribution in [0.15, 0.2) is 0 Å². The van der Waals surface area contributed by atoms with Crippen LogP contribution in [0.4, 0.5) is 0 Å². The van der Waals surface area contributed by atoms with Gasteiger partial charge in [-0.3, -0.25) is 4.79 Å². The van der Waals surface area contributed by atoms with E-state index in [0.717, 1.165) is 52.0 Å². The summed E-state index contributed by atoms with van der Waals surface area (Å²) in [6.07, 6.45) is 3.14. The Morgan fingerprint density at radius 2 is 2.12 bits per heavy atom. The maximum Gasteiger partial charge on any atom is 0.225 e. The molecule has 0 spiro atoms. The molecule has 0 aliphatic carbocycles. The van der Waals surface area contributed by atoms with E-state index in [0.29, 0.717) is 5.91 Å². The maximum absolute atomic E-state index is 12.3. The number of hydrogen-bond acceptors (Lipinski definition) is 3. The first-order valence-electron chi connectivity index (χ1n) is 6.38. The number of piperidine rings is 1. The average molecular weight is 226 g/mol. The molecule has 2 heterocycles. The molecule has 0 aromatic heterocycles. The maximum atomic E-state index is 12.3. The predicted molar refractivity (Wildman–Crippen MR) is 62.2 cm³/mol. The van der Waals surface area contributed by atoms with E-state index in [2.05, 4.69) is 5.32 Å². The molecule has 2 aliphatic heterocycles. The molecule has 0 aromatic rings. The lowest BCUT2D eigenvalue weighted by atomic mass is 9.96.